The second kappa shape index (κ2) is 7.21. The van der Waals surface area contributed by atoms with E-state index in [4.69, 9.17) is 15.2 Å². The number of nitrogens with two attached hydrogens (primary N) is 1. The van der Waals surface area contributed by atoms with Crippen molar-refractivity contribution in [1.29, 1.82) is 0 Å². The summed E-state index contributed by atoms with van der Waals surface area (Å²) >= 11 is 0. The van der Waals surface area contributed by atoms with Crippen molar-refractivity contribution in [3.63, 3.8) is 0 Å². The Hall–Kier alpha value is -3.39. The molecule has 0 spiro atoms. The summed E-state index contributed by atoms with van der Waals surface area (Å²) < 4.78 is 36.5. The third-order valence-corrected chi connectivity index (χ3v) is 6.39. The average Bonchev–Trinajstić information content (AvgIpc) is 3.15. The van der Waals surface area contributed by atoms with Gasteiger partial charge in [-0.1, -0.05) is 0 Å². The molecule has 0 saturated carbocycles. The minimum atomic E-state index is -3.60. The number of fused-ring (bicyclic) bond motifs is 1. The predicted octanol–water partition coefficient (Wildman–Crippen LogP) is 3.64. The van der Waals surface area contributed by atoms with Gasteiger partial charge < -0.3 is 25.4 Å². The molecular formula is C21H21N3O4S. The summed E-state index contributed by atoms with van der Waals surface area (Å²) in [6.07, 6.45) is 0. The Kier molecular flexibility index (Phi) is 4.71. The van der Waals surface area contributed by atoms with Crippen molar-refractivity contribution in [2.24, 2.45) is 0 Å². The second-order valence-electron chi connectivity index (χ2n) is 6.84. The largest absolute Gasteiger partial charge is 0.454 e. The summed E-state index contributed by atoms with van der Waals surface area (Å²) in [6.45, 7) is 0.198. The summed E-state index contributed by atoms with van der Waals surface area (Å²) in [7, 11) is 0.268. The first kappa shape index (κ1) is 18.9. The number of benzene rings is 3. The molecule has 3 aromatic carbocycles. The van der Waals surface area contributed by atoms with Crippen LogP contribution in [-0.2, 0) is 9.84 Å². The van der Waals surface area contributed by atoms with Gasteiger partial charge in [0, 0.05) is 37.6 Å². The zero-order valence-electron chi connectivity index (χ0n) is 16.0. The lowest BCUT2D eigenvalue weighted by Crippen LogP contribution is -2.11. The van der Waals surface area contributed by atoms with Gasteiger partial charge in [-0.2, -0.15) is 0 Å². The third-order valence-electron chi connectivity index (χ3n) is 4.61. The Labute approximate surface area is 169 Å². The molecule has 0 fully saturated rings. The highest BCUT2D eigenvalue weighted by Gasteiger charge is 2.20. The standard InChI is InChI=1S/C21H21N3O4S/c1-24(2)19-12-21-20(27-13-28-21)11-18(19)23-15-5-9-17(10-6-15)29(25,26)16-7-3-14(22)4-8-16/h3-12,23H,13,22H2,1-2H3. The van der Waals surface area contributed by atoms with Gasteiger partial charge in [-0.3, -0.25) is 0 Å². The van der Waals surface area contributed by atoms with Crippen molar-refractivity contribution in [2.75, 3.05) is 36.8 Å². The minimum Gasteiger partial charge on any atom is -0.454 e. The van der Waals surface area contributed by atoms with Gasteiger partial charge in [-0.25, -0.2) is 8.42 Å². The first-order chi connectivity index (χ1) is 13.8. The normalized spacial score (nSPS) is 12.6. The van der Waals surface area contributed by atoms with Gasteiger partial charge >= 0.3 is 0 Å². The number of sulfone groups is 1. The number of nitrogen functional groups attached to an aromatic ring is 1. The van der Waals surface area contributed by atoms with Gasteiger partial charge in [0.25, 0.3) is 0 Å². The van der Waals surface area contributed by atoms with Gasteiger partial charge in [0.15, 0.2) is 11.5 Å². The minimum absolute atomic E-state index is 0.198. The number of rotatable bonds is 5. The number of hydrogen-bond donors (Lipinski definition) is 2. The van der Waals surface area contributed by atoms with Crippen LogP contribution in [0.2, 0.25) is 0 Å². The van der Waals surface area contributed by atoms with Crippen molar-refractivity contribution in [1.82, 2.24) is 0 Å². The Bertz CT molecular complexity index is 1140. The van der Waals surface area contributed by atoms with Crippen LogP contribution in [0, 0.1) is 0 Å². The van der Waals surface area contributed by atoms with Crippen LogP contribution in [0.25, 0.3) is 0 Å². The van der Waals surface area contributed by atoms with E-state index in [0.717, 1.165) is 17.1 Å². The molecule has 1 aliphatic heterocycles. The first-order valence-electron chi connectivity index (χ1n) is 8.93. The Morgan fingerprint density at radius 1 is 0.897 bits per heavy atom. The Morgan fingerprint density at radius 3 is 2.03 bits per heavy atom. The molecule has 4 rings (SSSR count). The highest BCUT2D eigenvalue weighted by molar-refractivity contribution is 7.91. The molecule has 29 heavy (non-hydrogen) atoms. The highest BCUT2D eigenvalue weighted by atomic mass is 32.2. The van der Waals surface area contributed by atoms with Crippen molar-refractivity contribution >= 4 is 32.6 Å². The van der Waals surface area contributed by atoms with Crippen LogP contribution in [0.3, 0.4) is 0 Å². The van der Waals surface area contributed by atoms with Gasteiger partial charge in [-0.05, 0) is 48.5 Å². The molecule has 0 unspecified atom stereocenters. The van der Waals surface area contributed by atoms with Crippen molar-refractivity contribution in [2.45, 2.75) is 9.79 Å². The molecule has 150 valence electrons. The van der Waals surface area contributed by atoms with E-state index in [9.17, 15) is 8.42 Å². The maximum atomic E-state index is 12.8. The van der Waals surface area contributed by atoms with E-state index in [1.807, 2.05) is 31.1 Å². The predicted molar refractivity (Wildman–Crippen MR) is 113 cm³/mol. The molecule has 0 saturated heterocycles. The van der Waals surface area contributed by atoms with Gasteiger partial charge in [0.2, 0.25) is 16.6 Å². The summed E-state index contributed by atoms with van der Waals surface area (Å²) in [6, 6.07) is 16.6. The number of anilines is 4. The van der Waals surface area contributed by atoms with Crippen LogP contribution in [0.1, 0.15) is 0 Å². The fourth-order valence-electron chi connectivity index (χ4n) is 3.06. The first-order valence-corrected chi connectivity index (χ1v) is 10.4. The van der Waals surface area contributed by atoms with E-state index in [0.29, 0.717) is 17.2 Å². The Balaban J connectivity index is 1.62. The van der Waals surface area contributed by atoms with Crippen LogP contribution < -0.4 is 25.4 Å². The van der Waals surface area contributed by atoms with Gasteiger partial charge in [0.1, 0.15) is 0 Å². The maximum Gasteiger partial charge on any atom is 0.231 e. The van der Waals surface area contributed by atoms with Gasteiger partial charge in [0.05, 0.1) is 21.2 Å². The molecule has 0 aromatic heterocycles. The number of ether oxygens (including phenoxy) is 2. The van der Waals surface area contributed by atoms with Crippen molar-refractivity contribution in [3.8, 4) is 11.5 Å². The van der Waals surface area contributed by atoms with E-state index in [1.165, 1.54) is 12.1 Å². The number of nitrogens with one attached hydrogen (secondary N) is 1. The average molecular weight is 411 g/mol. The molecule has 8 heteroatoms. The lowest BCUT2D eigenvalue weighted by atomic mass is 10.2. The van der Waals surface area contributed by atoms with E-state index < -0.39 is 9.84 Å². The summed E-state index contributed by atoms with van der Waals surface area (Å²) in [5, 5.41) is 3.32. The maximum absolute atomic E-state index is 12.8. The Morgan fingerprint density at radius 2 is 1.45 bits per heavy atom. The SMILES string of the molecule is CN(C)c1cc2c(cc1Nc1ccc(S(=O)(=O)c3ccc(N)cc3)cc1)OCO2. The molecule has 7 nitrogen and oxygen atoms in total. The van der Waals surface area contributed by atoms with Crippen LogP contribution in [0.5, 0.6) is 11.5 Å². The molecule has 0 bridgehead atoms. The van der Waals surface area contributed by atoms with Crippen LogP contribution in [-0.4, -0.2) is 29.3 Å². The van der Waals surface area contributed by atoms with E-state index >= 15 is 0 Å². The van der Waals surface area contributed by atoms with Crippen LogP contribution in [0.4, 0.5) is 22.7 Å². The highest BCUT2D eigenvalue weighted by Crippen LogP contribution is 2.41. The summed E-state index contributed by atoms with van der Waals surface area (Å²) in [5.74, 6) is 1.37. The summed E-state index contributed by atoms with van der Waals surface area (Å²) in [5.41, 5.74) is 8.67. The molecule has 0 radical (unpaired) electrons. The molecule has 3 aromatic rings. The molecule has 1 heterocycles. The quantitative estimate of drug-likeness (QED) is 0.619. The van der Waals surface area contributed by atoms with Gasteiger partial charge in [-0.15, -0.1) is 0 Å². The molecule has 0 amide bonds. The molecule has 3 N–H and O–H groups in total. The fraction of sp³-hybridized carbons (Fsp3) is 0.143. The zero-order chi connectivity index (χ0) is 20.6. The zero-order valence-corrected chi connectivity index (χ0v) is 16.9. The second-order valence-corrected chi connectivity index (χ2v) is 8.79. The number of hydrogen-bond acceptors (Lipinski definition) is 7. The van der Waals surface area contributed by atoms with Crippen LogP contribution in [0.15, 0.2) is 70.5 Å². The lowest BCUT2D eigenvalue weighted by molar-refractivity contribution is 0.174. The smallest absolute Gasteiger partial charge is 0.231 e. The molecule has 0 atom stereocenters. The summed E-state index contributed by atoms with van der Waals surface area (Å²) in [4.78, 5) is 2.38. The third kappa shape index (κ3) is 3.66. The molecule has 1 aliphatic rings. The van der Waals surface area contributed by atoms with Crippen molar-refractivity contribution < 1.29 is 17.9 Å². The topological polar surface area (TPSA) is 93.9 Å². The molecule has 0 aliphatic carbocycles. The van der Waals surface area contributed by atoms with E-state index in [1.54, 1.807) is 36.4 Å². The fourth-order valence-corrected chi connectivity index (χ4v) is 4.32. The van der Waals surface area contributed by atoms with Crippen molar-refractivity contribution in [3.05, 3.63) is 60.7 Å². The molecular weight excluding hydrogens is 390 g/mol. The van der Waals surface area contributed by atoms with E-state index in [2.05, 4.69) is 5.32 Å². The number of nitrogens with zero attached hydrogens (tertiary/aromatic N) is 1. The van der Waals surface area contributed by atoms with E-state index in [-0.39, 0.29) is 16.6 Å². The van der Waals surface area contributed by atoms with Crippen LogP contribution >= 0.6 is 0 Å². The lowest BCUT2D eigenvalue weighted by Gasteiger charge is -2.19. The monoisotopic (exact) mass is 411 g/mol.